The summed E-state index contributed by atoms with van der Waals surface area (Å²) in [6.07, 6.45) is 0.319. The Hall–Kier alpha value is -1.91. The van der Waals surface area contributed by atoms with Crippen LogP contribution >= 0.6 is 0 Å². The number of H-pyrrole nitrogens is 1. The lowest BCUT2D eigenvalue weighted by atomic mass is 9.87. The van der Waals surface area contributed by atoms with Crippen LogP contribution in [-0.4, -0.2) is 27.4 Å². The van der Waals surface area contributed by atoms with Crippen LogP contribution in [0.25, 0.3) is 0 Å². The van der Waals surface area contributed by atoms with E-state index in [4.69, 9.17) is 9.84 Å². The van der Waals surface area contributed by atoms with Gasteiger partial charge in [-0.15, -0.1) is 0 Å². The third-order valence-corrected chi connectivity index (χ3v) is 3.08. The number of aliphatic hydroxyl groups is 1. The standard InChI is InChI=1S/C11H13N3O4/c1-11(6-12)4-7(5-15)18-9(11)14-3-2-8(16)13-10(14)17/h2-3,7,9,15H,4-5H2,1H3,(H,13,16,17). The van der Waals surface area contributed by atoms with Crippen LogP contribution in [-0.2, 0) is 4.74 Å². The molecule has 2 N–H and O–H groups in total. The topological polar surface area (TPSA) is 108 Å². The van der Waals surface area contributed by atoms with Crippen molar-refractivity contribution in [2.75, 3.05) is 6.61 Å². The molecule has 3 unspecified atom stereocenters. The van der Waals surface area contributed by atoms with Crippen LogP contribution in [0.2, 0.25) is 0 Å². The fourth-order valence-corrected chi connectivity index (χ4v) is 2.15. The Kier molecular flexibility index (Phi) is 3.07. The van der Waals surface area contributed by atoms with Crippen LogP contribution in [0.15, 0.2) is 21.9 Å². The summed E-state index contributed by atoms with van der Waals surface area (Å²) in [5.74, 6) is 0. The van der Waals surface area contributed by atoms with Gasteiger partial charge in [0.1, 0.15) is 5.41 Å². The van der Waals surface area contributed by atoms with Gasteiger partial charge in [-0.2, -0.15) is 5.26 Å². The van der Waals surface area contributed by atoms with Crippen LogP contribution in [0.5, 0.6) is 0 Å². The molecular weight excluding hydrogens is 238 g/mol. The van der Waals surface area contributed by atoms with Gasteiger partial charge in [0.05, 0.1) is 18.8 Å². The number of aromatic amines is 1. The van der Waals surface area contributed by atoms with Crippen LogP contribution in [0, 0.1) is 16.7 Å². The van der Waals surface area contributed by atoms with E-state index < -0.39 is 29.0 Å². The molecule has 18 heavy (non-hydrogen) atoms. The van der Waals surface area contributed by atoms with Gasteiger partial charge < -0.3 is 9.84 Å². The summed E-state index contributed by atoms with van der Waals surface area (Å²) in [7, 11) is 0. The molecule has 1 fully saturated rings. The molecule has 2 heterocycles. The summed E-state index contributed by atoms with van der Waals surface area (Å²) in [6.45, 7) is 1.44. The van der Waals surface area contributed by atoms with Crippen molar-refractivity contribution in [2.24, 2.45) is 5.41 Å². The van der Waals surface area contributed by atoms with E-state index in [2.05, 4.69) is 11.1 Å². The zero-order valence-electron chi connectivity index (χ0n) is 9.79. The zero-order chi connectivity index (χ0) is 13.3. The van der Waals surface area contributed by atoms with Gasteiger partial charge in [0.2, 0.25) is 0 Å². The minimum absolute atomic E-state index is 0.216. The number of ether oxygens (including phenoxy) is 1. The highest BCUT2D eigenvalue weighted by atomic mass is 16.5. The van der Waals surface area contributed by atoms with Crippen molar-refractivity contribution in [3.05, 3.63) is 33.1 Å². The van der Waals surface area contributed by atoms with Gasteiger partial charge in [-0.25, -0.2) is 4.79 Å². The van der Waals surface area contributed by atoms with E-state index in [1.807, 2.05) is 0 Å². The highest BCUT2D eigenvalue weighted by Gasteiger charge is 2.46. The van der Waals surface area contributed by atoms with Crippen molar-refractivity contribution in [1.82, 2.24) is 9.55 Å². The van der Waals surface area contributed by atoms with E-state index in [9.17, 15) is 14.9 Å². The van der Waals surface area contributed by atoms with E-state index in [-0.39, 0.29) is 6.61 Å². The van der Waals surface area contributed by atoms with Gasteiger partial charge in [-0.05, 0) is 13.3 Å². The van der Waals surface area contributed by atoms with Crippen LogP contribution < -0.4 is 11.2 Å². The molecule has 0 amide bonds. The Bertz CT molecular complexity index is 599. The number of nitrogens with one attached hydrogen (secondary N) is 1. The van der Waals surface area contributed by atoms with E-state index >= 15 is 0 Å². The lowest BCUT2D eigenvalue weighted by molar-refractivity contribution is -0.0429. The number of hydrogen-bond donors (Lipinski definition) is 2. The van der Waals surface area contributed by atoms with Gasteiger partial charge in [0, 0.05) is 12.3 Å². The van der Waals surface area contributed by atoms with Crippen molar-refractivity contribution in [3.63, 3.8) is 0 Å². The first-order chi connectivity index (χ1) is 8.50. The van der Waals surface area contributed by atoms with Crippen molar-refractivity contribution >= 4 is 0 Å². The second-order valence-corrected chi connectivity index (χ2v) is 4.54. The number of nitriles is 1. The lowest BCUT2D eigenvalue weighted by Gasteiger charge is -2.23. The monoisotopic (exact) mass is 251 g/mol. The average Bonchev–Trinajstić information content (AvgIpc) is 2.68. The maximum atomic E-state index is 11.7. The average molecular weight is 251 g/mol. The number of aromatic nitrogens is 2. The molecule has 1 aliphatic heterocycles. The third-order valence-electron chi connectivity index (χ3n) is 3.08. The Labute approximate surface area is 102 Å². The Morgan fingerprint density at radius 1 is 1.72 bits per heavy atom. The zero-order valence-corrected chi connectivity index (χ0v) is 9.79. The molecule has 2 rings (SSSR count). The molecule has 1 aromatic rings. The number of nitrogens with zero attached hydrogens (tertiary/aromatic N) is 2. The Morgan fingerprint density at radius 3 is 3.00 bits per heavy atom. The number of hydrogen-bond acceptors (Lipinski definition) is 5. The molecule has 7 nitrogen and oxygen atoms in total. The molecule has 1 aromatic heterocycles. The summed E-state index contributed by atoms with van der Waals surface area (Å²) < 4.78 is 6.66. The van der Waals surface area contributed by atoms with E-state index in [1.54, 1.807) is 6.92 Å². The SMILES string of the molecule is CC1(C#N)CC(CO)OC1n1ccc(=O)[nH]c1=O. The van der Waals surface area contributed by atoms with Gasteiger partial charge in [0.25, 0.3) is 5.56 Å². The van der Waals surface area contributed by atoms with Crippen molar-refractivity contribution in [3.8, 4) is 6.07 Å². The maximum Gasteiger partial charge on any atom is 0.330 e. The van der Waals surface area contributed by atoms with Gasteiger partial charge in [-0.3, -0.25) is 14.3 Å². The van der Waals surface area contributed by atoms with Gasteiger partial charge >= 0.3 is 5.69 Å². The molecule has 0 aliphatic carbocycles. The Morgan fingerprint density at radius 2 is 2.44 bits per heavy atom. The third kappa shape index (κ3) is 1.96. The minimum atomic E-state index is -0.921. The maximum absolute atomic E-state index is 11.7. The van der Waals surface area contributed by atoms with Crippen LogP contribution in [0.3, 0.4) is 0 Å². The van der Waals surface area contributed by atoms with Crippen molar-refractivity contribution in [1.29, 1.82) is 5.26 Å². The first kappa shape index (κ1) is 12.5. The molecule has 1 aliphatic rings. The molecule has 96 valence electrons. The van der Waals surface area contributed by atoms with Gasteiger partial charge in [0.15, 0.2) is 6.23 Å². The molecular formula is C11H13N3O4. The van der Waals surface area contributed by atoms with Crippen LogP contribution in [0.4, 0.5) is 0 Å². The summed E-state index contributed by atoms with van der Waals surface area (Å²) in [5, 5.41) is 18.3. The molecule has 0 bridgehead atoms. The number of rotatable bonds is 2. The fourth-order valence-electron chi connectivity index (χ4n) is 2.15. The second kappa shape index (κ2) is 4.40. The minimum Gasteiger partial charge on any atom is -0.394 e. The predicted molar refractivity (Wildman–Crippen MR) is 60.7 cm³/mol. The summed E-state index contributed by atoms with van der Waals surface area (Å²) in [5.41, 5.74) is -2.06. The quantitative estimate of drug-likeness (QED) is 0.725. The molecule has 0 aromatic carbocycles. The predicted octanol–water partition coefficient (Wildman–Crippen LogP) is -0.654. The largest absolute Gasteiger partial charge is 0.394 e. The van der Waals surface area contributed by atoms with Gasteiger partial charge in [-0.1, -0.05) is 0 Å². The first-order valence-corrected chi connectivity index (χ1v) is 5.49. The molecule has 0 radical (unpaired) electrons. The molecule has 0 saturated carbocycles. The second-order valence-electron chi connectivity index (χ2n) is 4.54. The lowest BCUT2D eigenvalue weighted by Crippen LogP contribution is -2.36. The first-order valence-electron chi connectivity index (χ1n) is 5.49. The van der Waals surface area contributed by atoms with E-state index in [1.165, 1.54) is 16.8 Å². The highest BCUT2D eigenvalue weighted by molar-refractivity contribution is 5.05. The molecule has 1 saturated heterocycles. The molecule has 7 heteroatoms. The van der Waals surface area contributed by atoms with Crippen molar-refractivity contribution in [2.45, 2.75) is 25.7 Å². The van der Waals surface area contributed by atoms with Crippen LogP contribution in [0.1, 0.15) is 19.6 Å². The highest BCUT2D eigenvalue weighted by Crippen LogP contribution is 2.43. The number of aliphatic hydroxyl groups excluding tert-OH is 1. The fraction of sp³-hybridized carbons (Fsp3) is 0.545. The van der Waals surface area contributed by atoms with E-state index in [0.29, 0.717) is 6.42 Å². The summed E-state index contributed by atoms with van der Waals surface area (Å²) in [6, 6.07) is 3.30. The summed E-state index contributed by atoms with van der Waals surface area (Å²) in [4.78, 5) is 24.8. The van der Waals surface area contributed by atoms with Crippen molar-refractivity contribution < 1.29 is 9.84 Å². The normalized spacial score (nSPS) is 31.2. The molecule has 0 spiro atoms. The molecule has 3 atom stereocenters. The Balaban J connectivity index is 2.46. The summed E-state index contributed by atoms with van der Waals surface area (Å²) >= 11 is 0. The smallest absolute Gasteiger partial charge is 0.330 e. The van der Waals surface area contributed by atoms with E-state index in [0.717, 1.165) is 0 Å².